The van der Waals surface area contributed by atoms with Crippen molar-refractivity contribution in [3.8, 4) is 17.2 Å². The number of hydrogen-bond donors (Lipinski definition) is 0. The molecule has 1 unspecified atom stereocenters. The average Bonchev–Trinajstić information content (AvgIpc) is 2.66. The Balaban J connectivity index is 1.56. The Kier molecular flexibility index (Phi) is 5.77. The summed E-state index contributed by atoms with van der Waals surface area (Å²) in [6.45, 7) is 3.65. The fourth-order valence-corrected chi connectivity index (χ4v) is 2.74. The molecule has 5 nitrogen and oxygen atoms in total. The molecule has 132 valence electrons. The van der Waals surface area contributed by atoms with Crippen LogP contribution in [0.3, 0.4) is 0 Å². The summed E-state index contributed by atoms with van der Waals surface area (Å²) in [5.41, 5.74) is 0. The van der Waals surface area contributed by atoms with E-state index >= 15 is 0 Å². The Morgan fingerprint density at radius 1 is 1.12 bits per heavy atom. The highest BCUT2D eigenvalue weighted by molar-refractivity contribution is 5.77. The second kappa shape index (κ2) is 8.42. The van der Waals surface area contributed by atoms with E-state index in [4.69, 9.17) is 14.2 Å². The molecule has 1 heterocycles. The summed E-state index contributed by atoms with van der Waals surface area (Å²) in [6, 6.07) is 16.9. The number of para-hydroxylation sites is 3. The molecule has 5 heteroatoms. The quantitative estimate of drug-likeness (QED) is 0.776. The van der Waals surface area contributed by atoms with E-state index in [2.05, 4.69) is 0 Å². The number of carbonyl (C=O) groups is 1. The summed E-state index contributed by atoms with van der Waals surface area (Å²) >= 11 is 0. The molecule has 0 spiro atoms. The van der Waals surface area contributed by atoms with Gasteiger partial charge in [-0.25, -0.2) is 0 Å². The lowest BCUT2D eigenvalue weighted by Gasteiger charge is -2.31. The van der Waals surface area contributed by atoms with E-state index in [1.165, 1.54) is 0 Å². The molecule has 2 aromatic carbocycles. The number of nitrogens with zero attached hydrogens (tertiary/aromatic N) is 1. The Bertz CT molecular complexity index is 689. The average molecular weight is 341 g/mol. The van der Waals surface area contributed by atoms with Crippen LogP contribution in [0.25, 0.3) is 0 Å². The van der Waals surface area contributed by atoms with Crippen LogP contribution in [0.1, 0.15) is 13.3 Å². The topological polar surface area (TPSA) is 48.0 Å². The second-order valence-corrected chi connectivity index (χ2v) is 5.94. The Morgan fingerprint density at radius 2 is 1.84 bits per heavy atom. The van der Waals surface area contributed by atoms with Gasteiger partial charge in [0.1, 0.15) is 12.4 Å². The third kappa shape index (κ3) is 4.66. The number of ether oxygens (including phenoxy) is 3. The van der Waals surface area contributed by atoms with E-state index in [1.54, 1.807) is 4.90 Å². The molecule has 0 bridgehead atoms. The van der Waals surface area contributed by atoms with E-state index in [0.29, 0.717) is 25.4 Å². The first-order valence-corrected chi connectivity index (χ1v) is 8.60. The van der Waals surface area contributed by atoms with Gasteiger partial charge in [-0.2, -0.15) is 0 Å². The van der Waals surface area contributed by atoms with E-state index in [9.17, 15) is 4.79 Å². The van der Waals surface area contributed by atoms with Crippen LogP contribution in [-0.4, -0.2) is 43.2 Å². The van der Waals surface area contributed by atoms with Crippen LogP contribution in [0.15, 0.2) is 54.6 Å². The molecule has 0 fully saturated rings. The fraction of sp³-hybridized carbons (Fsp3) is 0.350. The molecule has 0 radical (unpaired) electrons. The Morgan fingerprint density at radius 3 is 2.60 bits per heavy atom. The minimum absolute atomic E-state index is 0.0220. The minimum Gasteiger partial charge on any atom is -0.486 e. The van der Waals surface area contributed by atoms with E-state index < -0.39 is 0 Å². The van der Waals surface area contributed by atoms with Gasteiger partial charge >= 0.3 is 0 Å². The maximum Gasteiger partial charge on any atom is 0.260 e. The van der Waals surface area contributed by atoms with Gasteiger partial charge in [0.05, 0.1) is 6.54 Å². The van der Waals surface area contributed by atoms with Crippen LogP contribution in [-0.2, 0) is 4.79 Å². The molecule has 2 aromatic rings. The predicted molar refractivity (Wildman–Crippen MR) is 95.2 cm³/mol. The number of hydrogen-bond acceptors (Lipinski definition) is 4. The van der Waals surface area contributed by atoms with Gasteiger partial charge in [-0.05, 0) is 30.7 Å². The molecule has 1 aliphatic rings. The van der Waals surface area contributed by atoms with Crippen molar-refractivity contribution in [1.29, 1.82) is 0 Å². The van der Waals surface area contributed by atoms with Gasteiger partial charge in [-0.3, -0.25) is 4.79 Å². The molecule has 0 aromatic heterocycles. The van der Waals surface area contributed by atoms with Gasteiger partial charge in [0.25, 0.3) is 5.91 Å². The van der Waals surface area contributed by atoms with Crippen LogP contribution in [0.2, 0.25) is 0 Å². The Hall–Kier alpha value is -2.69. The van der Waals surface area contributed by atoms with Crippen LogP contribution >= 0.6 is 0 Å². The summed E-state index contributed by atoms with van der Waals surface area (Å²) < 4.78 is 17.3. The zero-order valence-corrected chi connectivity index (χ0v) is 14.4. The predicted octanol–water partition coefficient (Wildman–Crippen LogP) is 3.14. The van der Waals surface area contributed by atoms with Gasteiger partial charge in [-0.15, -0.1) is 0 Å². The lowest BCUT2D eigenvalue weighted by molar-refractivity contribution is -0.135. The minimum atomic E-state index is -0.179. The fourth-order valence-electron chi connectivity index (χ4n) is 2.74. The maximum absolute atomic E-state index is 12.5. The third-order valence-corrected chi connectivity index (χ3v) is 3.94. The van der Waals surface area contributed by atoms with Gasteiger partial charge in [0.15, 0.2) is 24.2 Å². The lowest BCUT2D eigenvalue weighted by atomic mass is 10.2. The molecule has 1 aliphatic heterocycles. The van der Waals surface area contributed by atoms with Crippen LogP contribution in [0.4, 0.5) is 0 Å². The first-order valence-electron chi connectivity index (χ1n) is 8.60. The summed E-state index contributed by atoms with van der Waals surface area (Å²) in [7, 11) is 0. The lowest BCUT2D eigenvalue weighted by Crippen LogP contribution is -2.45. The van der Waals surface area contributed by atoms with E-state index in [0.717, 1.165) is 17.9 Å². The van der Waals surface area contributed by atoms with Crippen molar-refractivity contribution in [1.82, 2.24) is 4.90 Å². The van der Waals surface area contributed by atoms with Crippen LogP contribution in [0.5, 0.6) is 17.2 Å². The largest absolute Gasteiger partial charge is 0.486 e. The van der Waals surface area contributed by atoms with E-state index in [1.807, 2.05) is 61.5 Å². The molecule has 3 rings (SSSR count). The van der Waals surface area contributed by atoms with Gasteiger partial charge in [0.2, 0.25) is 0 Å². The molecule has 0 saturated carbocycles. The molecule has 1 amide bonds. The first-order chi connectivity index (χ1) is 12.3. The zero-order chi connectivity index (χ0) is 17.5. The van der Waals surface area contributed by atoms with Gasteiger partial charge < -0.3 is 19.1 Å². The molecular formula is C20H23NO4. The van der Waals surface area contributed by atoms with Crippen molar-refractivity contribution in [3.05, 3.63) is 54.6 Å². The number of rotatable bonds is 7. The highest BCUT2D eigenvalue weighted by atomic mass is 16.6. The molecule has 0 saturated heterocycles. The van der Waals surface area contributed by atoms with Crippen molar-refractivity contribution >= 4 is 5.91 Å². The highest BCUT2D eigenvalue weighted by Crippen LogP contribution is 2.31. The number of benzene rings is 2. The normalized spacial score (nSPS) is 15.5. The molecule has 0 aliphatic carbocycles. The highest BCUT2D eigenvalue weighted by Gasteiger charge is 2.25. The zero-order valence-electron chi connectivity index (χ0n) is 14.4. The molecule has 1 atom stereocenters. The first kappa shape index (κ1) is 17.1. The van der Waals surface area contributed by atoms with Gasteiger partial charge in [0, 0.05) is 6.54 Å². The maximum atomic E-state index is 12.5. The van der Waals surface area contributed by atoms with Crippen LogP contribution < -0.4 is 14.2 Å². The number of fused-ring (bicyclic) bond motifs is 1. The van der Waals surface area contributed by atoms with Crippen LogP contribution in [0, 0.1) is 0 Å². The monoisotopic (exact) mass is 341 g/mol. The van der Waals surface area contributed by atoms with Crippen molar-refractivity contribution in [2.45, 2.75) is 19.4 Å². The summed E-state index contributed by atoms with van der Waals surface area (Å²) in [4.78, 5) is 14.3. The standard InChI is InChI=1S/C20H23NO4/c1-2-12-21(20(22)15-23-16-8-4-3-5-9-16)13-17-14-24-18-10-6-7-11-19(18)25-17/h3-11,17H,2,12-15H2,1H3. The Labute approximate surface area is 148 Å². The smallest absolute Gasteiger partial charge is 0.260 e. The summed E-state index contributed by atoms with van der Waals surface area (Å²) in [5, 5.41) is 0. The molecule has 0 N–H and O–H groups in total. The van der Waals surface area contributed by atoms with Crippen molar-refractivity contribution in [3.63, 3.8) is 0 Å². The van der Waals surface area contributed by atoms with Crippen molar-refractivity contribution in [2.75, 3.05) is 26.3 Å². The molecule has 25 heavy (non-hydrogen) atoms. The SMILES string of the molecule is CCCN(CC1COc2ccccc2O1)C(=O)COc1ccccc1. The number of carbonyl (C=O) groups excluding carboxylic acids is 1. The van der Waals surface area contributed by atoms with Gasteiger partial charge in [-0.1, -0.05) is 37.3 Å². The number of amides is 1. The van der Waals surface area contributed by atoms with Crippen molar-refractivity contribution < 1.29 is 19.0 Å². The summed E-state index contributed by atoms with van der Waals surface area (Å²) in [6.07, 6.45) is 0.698. The summed E-state index contributed by atoms with van der Waals surface area (Å²) in [5.74, 6) is 2.12. The third-order valence-electron chi connectivity index (χ3n) is 3.94. The van der Waals surface area contributed by atoms with Crippen molar-refractivity contribution in [2.24, 2.45) is 0 Å². The second-order valence-electron chi connectivity index (χ2n) is 5.94. The van der Waals surface area contributed by atoms with E-state index in [-0.39, 0.29) is 18.6 Å². The molecular weight excluding hydrogens is 318 g/mol.